The molecule has 0 aliphatic rings. The minimum absolute atomic E-state index is 0.744. The van der Waals surface area contributed by atoms with Crippen molar-refractivity contribution in [1.29, 1.82) is 0 Å². The molecule has 6 heteroatoms. The summed E-state index contributed by atoms with van der Waals surface area (Å²) in [5.74, 6) is 1.78. The minimum Gasteiger partial charge on any atom is -0.497 e. The van der Waals surface area contributed by atoms with E-state index in [1.165, 1.54) is 10.5 Å². The average molecular weight is 405 g/mol. The Kier molecular flexibility index (Phi) is 5.83. The molecule has 29 heavy (non-hydrogen) atoms. The molecule has 0 amide bonds. The highest BCUT2D eigenvalue weighted by molar-refractivity contribution is 7.98. The van der Waals surface area contributed by atoms with E-state index in [0.29, 0.717) is 0 Å². The van der Waals surface area contributed by atoms with Crippen LogP contribution in [0.2, 0.25) is 0 Å². The molecule has 2 aromatic heterocycles. The van der Waals surface area contributed by atoms with Crippen LogP contribution in [0.5, 0.6) is 5.75 Å². The Balaban J connectivity index is 1.77. The number of pyridine rings is 1. The van der Waals surface area contributed by atoms with Crippen LogP contribution < -0.4 is 4.74 Å². The van der Waals surface area contributed by atoms with E-state index in [0.717, 1.165) is 46.8 Å². The van der Waals surface area contributed by atoms with E-state index >= 15 is 0 Å². The fourth-order valence-corrected chi connectivity index (χ4v) is 3.88. The molecule has 5 nitrogen and oxygen atoms in total. The van der Waals surface area contributed by atoms with Crippen molar-refractivity contribution in [2.75, 3.05) is 20.4 Å². The molecule has 0 bridgehead atoms. The van der Waals surface area contributed by atoms with E-state index in [9.17, 15) is 0 Å². The number of fused-ring (bicyclic) bond motifs is 1. The Morgan fingerprint density at radius 3 is 2.76 bits per heavy atom. The summed E-state index contributed by atoms with van der Waals surface area (Å²) in [5.41, 5.74) is 4.23. The van der Waals surface area contributed by atoms with Crippen molar-refractivity contribution in [3.8, 4) is 17.0 Å². The maximum atomic E-state index is 5.44. The largest absolute Gasteiger partial charge is 0.497 e. The Morgan fingerprint density at radius 1 is 1.10 bits per heavy atom. The molecule has 148 valence electrons. The van der Waals surface area contributed by atoms with E-state index in [1.807, 2.05) is 24.4 Å². The summed E-state index contributed by atoms with van der Waals surface area (Å²) in [7, 11) is 3.79. The number of imidazole rings is 1. The molecule has 0 spiro atoms. The number of ether oxygens (including phenoxy) is 1. The first-order valence-corrected chi connectivity index (χ1v) is 10.7. The number of rotatable bonds is 7. The topological polar surface area (TPSA) is 54.0 Å². The molecule has 0 aliphatic heterocycles. The van der Waals surface area contributed by atoms with Gasteiger partial charge in [-0.1, -0.05) is 18.2 Å². The molecule has 0 aliphatic carbocycles. The maximum Gasteiger partial charge on any atom is 0.120 e. The van der Waals surface area contributed by atoms with Crippen molar-refractivity contribution in [3.05, 3.63) is 72.3 Å². The van der Waals surface area contributed by atoms with Crippen LogP contribution in [0.25, 0.3) is 22.2 Å². The molecular formula is C23H24N4OS. The smallest absolute Gasteiger partial charge is 0.120 e. The van der Waals surface area contributed by atoms with Gasteiger partial charge in [-0.3, -0.25) is 4.90 Å². The molecule has 0 atom stereocenters. The molecular weight excluding hydrogens is 380 g/mol. The second kappa shape index (κ2) is 8.68. The zero-order chi connectivity index (χ0) is 20.2. The predicted molar refractivity (Wildman–Crippen MR) is 119 cm³/mol. The van der Waals surface area contributed by atoms with Gasteiger partial charge in [0.15, 0.2) is 0 Å². The van der Waals surface area contributed by atoms with Crippen LogP contribution in [-0.4, -0.2) is 40.3 Å². The fourth-order valence-electron chi connectivity index (χ4n) is 3.45. The lowest BCUT2D eigenvalue weighted by Crippen LogP contribution is -2.19. The van der Waals surface area contributed by atoms with Crippen molar-refractivity contribution >= 4 is 22.7 Å². The zero-order valence-corrected chi connectivity index (χ0v) is 17.7. The lowest BCUT2D eigenvalue weighted by atomic mass is 10.0. The Morgan fingerprint density at radius 2 is 2.00 bits per heavy atom. The molecule has 0 radical (unpaired) electrons. The quantitative estimate of drug-likeness (QED) is 0.440. The first-order valence-electron chi connectivity index (χ1n) is 9.45. The molecule has 0 saturated carbocycles. The Bertz CT molecular complexity index is 1110. The van der Waals surface area contributed by atoms with Gasteiger partial charge in [0.05, 0.1) is 24.9 Å². The van der Waals surface area contributed by atoms with Crippen LogP contribution >= 0.6 is 11.8 Å². The molecule has 0 fully saturated rings. The van der Waals surface area contributed by atoms with Crippen molar-refractivity contribution in [3.63, 3.8) is 0 Å². The molecule has 0 unspecified atom stereocenters. The van der Waals surface area contributed by atoms with Gasteiger partial charge in [0.25, 0.3) is 0 Å². The van der Waals surface area contributed by atoms with Crippen molar-refractivity contribution in [1.82, 2.24) is 19.9 Å². The van der Waals surface area contributed by atoms with Crippen LogP contribution in [0.1, 0.15) is 11.4 Å². The van der Waals surface area contributed by atoms with Gasteiger partial charge in [0.2, 0.25) is 0 Å². The van der Waals surface area contributed by atoms with Crippen LogP contribution in [0.4, 0.5) is 0 Å². The fraction of sp³-hybridized carbons (Fsp3) is 0.217. The monoisotopic (exact) mass is 404 g/mol. The van der Waals surface area contributed by atoms with Crippen LogP contribution in [0, 0.1) is 0 Å². The number of thioether (sulfide) groups is 1. The molecule has 2 aromatic carbocycles. The van der Waals surface area contributed by atoms with E-state index < -0.39 is 0 Å². The normalized spacial score (nSPS) is 11.3. The summed E-state index contributed by atoms with van der Waals surface area (Å²) < 4.78 is 5.44. The van der Waals surface area contributed by atoms with Gasteiger partial charge < -0.3 is 9.72 Å². The number of nitrogens with zero attached hydrogens (tertiary/aromatic N) is 3. The second-order valence-electron chi connectivity index (χ2n) is 6.99. The van der Waals surface area contributed by atoms with Crippen LogP contribution in [0.15, 0.2) is 65.8 Å². The summed E-state index contributed by atoms with van der Waals surface area (Å²) in [6.07, 6.45) is 5.72. The van der Waals surface area contributed by atoms with Gasteiger partial charge in [-0.05, 0) is 49.2 Å². The first kappa shape index (κ1) is 19.5. The number of nitrogens with one attached hydrogen (secondary N) is 1. The van der Waals surface area contributed by atoms with Gasteiger partial charge >= 0.3 is 0 Å². The summed E-state index contributed by atoms with van der Waals surface area (Å²) in [4.78, 5) is 16.0. The first-order chi connectivity index (χ1) is 14.2. The number of aromatic amines is 1. The lowest BCUT2D eigenvalue weighted by Gasteiger charge is -2.19. The zero-order valence-electron chi connectivity index (χ0n) is 16.8. The highest BCUT2D eigenvalue weighted by Gasteiger charge is 2.13. The summed E-state index contributed by atoms with van der Waals surface area (Å²) in [6, 6.07) is 16.8. The summed E-state index contributed by atoms with van der Waals surface area (Å²) >= 11 is 1.73. The van der Waals surface area contributed by atoms with Gasteiger partial charge in [0.1, 0.15) is 11.6 Å². The van der Waals surface area contributed by atoms with Gasteiger partial charge in [-0.25, -0.2) is 9.97 Å². The van der Waals surface area contributed by atoms with Gasteiger partial charge in [-0.15, -0.1) is 11.8 Å². The minimum atomic E-state index is 0.744. The van der Waals surface area contributed by atoms with E-state index in [1.54, 1.807) is 25.1 Å². The number of hydrogen-bond donors (Lipinski definition) is 1. The van der Waals surface area contributed by atoms with Crippen molar-refractivity contribution in [2.45, 2.75) is 18.0 Å². The standard InChI is InChI=1S/C23H24N4OS/c1-27(15-22-24-9-10-25-22)14-18-11-16-7-8-20(29-3)13-21(16)26-23(18)17-5-4-6-19(12-17)28-2/h4-13H,14-15H2,1-3H3,(H,24,25). The maximum absolute atomic E-state index is 5.44. The highest BCUT2D eigenvalue weighted by atomic mass is 32.2. The Labute approximate surface area is 175 Å². The van der Waals surface area contributed by atoms with E-state index in [4.69, 9.17) is 9.72 Å². The predicted octanol–water partition coefficient (Wildman–Crippen LogP) is 4.99. The van der Waals surface area contributed by atoms with E-state index in [2.05, 4.69) is 58.5 Å². The Hall–Kier alpha value is -2.83. The third kappa shape index (κ3) is 4.44. The lowest BCUT2D eigenvalue weighted by molar-refractivity contribution is 0.312. The molecule has 4 rings (SSSR count). The number of hydrogen-bond acceptors (Lipinski definition) is 5. The average Bonchev–Trinajstić information content (AvgIpc) is 3.25. The molecule has 2 heterocycles. The number of aromatic nitrogens is 3. The summed E-state index contributed by atoms with van der Waals surface area (Å²) in [5, 5.41) is 1.15. The molecule has 0 saturated heterocycles. The highest BCUT2D eigenvalue weighted by Crippen LogP contribution is 2.30. The van der Waals surface area contributed by atoms with Crippen molar-refractivity contribution < 1.29 is 4.74 Å². The molecule has 1 N–H and O–H groups in total. The molecule has 4 aromatic rings. The second-order valence-corrected chi connectivity index (χ2v) is 7.87. The van der Waals surface area contributed by atoms with Crippen LogP contribution in [0.3, 0.4) is 0 Å². The number of methoxy groups -OCH3 is 1. The van der Waals surface area contributed by atoms with Gasteiger partial charge in [-0.2, -0.15) is 0 Å². The summed E-state index contributed by atoms with van der Waals surface area (Å²) in [6.45, 7) is 1.51. The number of benzene rings is 2. The van der Waals surface area contributed by atoms with E-state index in [-0.39, 0.29) is 0 Å². The number of H-pyrrole nitrogens is 1. The third-order valence-corrected chi connectivity index (χ3v) is 5.59. The SMILES string of the molecule is COc1cccc(-c2nc3cc(SC)ccc3cc2CN(C)Cc2ncc[nH]2)c1. The van der Waals surface area contributed by atoms with Gasteiger partial charge in [0, 0.05) is 34.8 Å². The van der Waals surface area contributed by atoms with Crippen LogP contribution in [-0.2, 0) is 13.1 Å². The van der Waals surface area contributed by atoms with Crippen molar-refractivity contribution in [2.24, 2.45) is 0 Å². The third-order valence-electron chi connectivity index (χ3n) is 4.86.